The minimum absolute atomic E-state index is 0.0613. The molecule has 31 heavy (non-hydrogen) atoms. The molecule has 4 rings (SSSR count). The molecule has 4 aromatic rings. The van der Waals surface area contributed by atoms with E-state index in [1.807, 2.05) is 48.5 Å². The summed E-state index contributed by atoms with van der Waals surface area (Å²) >= 11 is 0. The van der Waals surface area contributed by atoms with Crippen LogP contribution in [0.1, 0.15) is 37.9 Å². The Bertz CT molecular complexity index is 1340. The van der Waals surface area contributed by atoms with Gasteiger partial charge in [0.25, 0.3) is 0 Å². The molecule has 0 atom stereocenters. The lowest BCUT2D eigenvalue weighted by Crippen LogP contribution is -2.26. The van der Waals surface area contributed by atoms with E-state index in [0.29, 0.717) is 32.5 Å². The van der Waals surface area contributed by atoms with Gasteiger partial charge in [-0.1, -0.05) is 24.3 Å². The molecule has 0 saturated carbocycles. The number of fused-ring (bicyclic) bond motifs is 2. The zero-order valence-corrected chi connectivity index (χ0v) is 17.4. The summed E-state index contributed by atoms with van der Waals surface area (Å²) in [5.41, 5.74) is 3.63. The van der Waals surface area contributed by atoms with Crippen LogP contribution in [0, 0.1) is 22.7 Å². The van der Waals surface area contributed by atoms with Gasteiger partial charge in [-0.15, -0.1) is 0 Å². The first-order valence-corrected chi connectivity index (χ1v) is 10.6. The lowest BCUT2D eigenvalue weighted by Gasteiger charge is -2.09. The average molecular weight is 412 g/mol. The van der Waals surface area contributed by atoms with Crippen LogP contribution in [0.4, 0.5) is 0 Å². The highest BCUT2D eigenvalue weighted by atomic mass is 16.1. The van der Waals surface area contributed by atoms with Crippen molar-refractivity contribution < 1.29 is 0 Å². The number of nitrogens with zero attached hydrogens (tertiary/aromatic N) is 6. The van der Waals surface area contributed by atoms with Crippen molar-refractivity contribution in [1.82, 2.24) is 18.7 Å². The minimum Gasteiger partial charge on any atom is -0.326 e. The van der Waals surface area contributed by atoms with Crippen LogP contribution in [0.15, 0.2) is 53.3 Å². The van der Waals surface area contributed by atoms with Gasteiger partial charge >= 0.3 is 5.69 Å². The highest BCUT2D eigenvalue weighted by molar-refractivity contribution is 5.77. The second kappa shape index (κ2) is 9.32. The van der Waals surface area contributed by atoms with Crippen LogP contribution in [0.2, 0.25) is 0 Å². The molecule has 2 heterocycles. The molecular weight excluding hydrogens is 388 g/mol. The molecule has 0 aliphatic rings. The third kappa shape index (κ3) is 4.08. The molecule has 0 aliphatic carbocycles. The Hall–Kier alpha value is -3.84. The van der Waals surface area contributed by atoms with Gasteiger partial charge in [-0.3, -0.25) is 9.13 Å². The van der Waals surface area contributed by atoms with Crippen LogP contribution in [-0.4, -0.2) is 18.7 Å². The Kier molecular flexibility index (Phi) is 6.14. The summed E-state index contributed by atoms with van der Waals surface area (Å²) in [5, 5.41) is 17.7. The first-order valence-electron chi connectivity index (χ1n) is 10.6. The first-order chi connectivity index (χ1) is 15.2. The molecule has 0 fully saturated rings. The van der Waals surface area contributed by atoms with Gasteiger partial charge in [-0.2, -0.15) is 10.5 Å². The van der Waals surface area contributed by atoms with Crippen molar-refractivity contribution in [2.45, 2.75) is 51.7 Å². The Morgan fingerprint density at radius 2 is 1.35 bits per heavy atom. The number of aromatic nitrogens is 4. The summed E-state index contributed by atoms with van der Waals surface area (Å²) in [6.45, 7) is 1.64. The van der Waals surface area contributed by atoms with Crippen LogP contribution in [0.25, 0.3) is 22.1 Å². The molecule has 0 spiro atoms. The number of para-hydroxylation sites is 4. The Morgan fingerprint density at radius 3 is 2.10 bits per heavy atom. The van der Waals surface area contributed by atoms with Gasteiger partial charge in [0.15, 0.2) is 0 Å². The van der Waals surface area contributed by atoms with Crippen molar-refractivity contribution in [3.63, 3.8) is 0 Å². The Balaban J connectivity index is 1.74. The number of aryl methyl sites for hydroxylation is 2. The molecule has 0 radical (unpaired) electrons. The van der Waals surface area contributed by atoms with Gasteiger partial charge in [0.05, 0.1) is 40.8 Å². The summed E-state index contributed by atoms with van der Waals surface area (Å²) in [7, 11) is 0. The zero-order chi connectivity index (χ0) is 21.6. The molecule has 2 aromatic carbocycles. The molecule has 0 N–H and O–H groups in total. The largest absolute Gasteiger partial charge is 0.329 e. The van der Waals surface area contributed by atoms with Crippen molar-refractivity contribution in [1.29, 1.82) is 10.5 Å². The second-order valence-electron chi connectivity index (χ2n) is 7.55. The van der Waals surface area contributed by atoms with E-state index in [1.54, 1.807) is 9.13 Å². The molecule has 0 amide bonds. The van der Waals surface area contributed by atoms with Crippen molar-refractivity contribution in [3.05, 3.63) is 64.8 Å². The fourth-order valence-electron chi connectivity index (χ4n) is 4.07. The number of benzene rings is 2. The highest BCUT2D eigenvalue weighted by Gasteiger charge is 2.17. The molecule has 0 aliphatic heterocycles. The maximum atomic E-state index is 13.3. The molecule has 0 saturated heterocycles. The van der Waals surface area contributed by atoms with Crippen LogP contribution in [-0.2, 0) is 19.6 Å². The fraction of sp³-hybridized carbons (Fsp3) is 0.333. The minimum atomic E-state index is -0.0613. The van der Waals surface area contributed by atoms with Crippen LogP contribution in [0.5, 0.6) is 0 Å². The van der Waals surface area contributed by atoms with Crippen molar-refractivity contribution in [3.8, 4) is 12.1 Å². The zero-order valence-electron chi connectivity index (χ0n) is 17.4. The highest BCUT2D eigenvalue weighted by Crippen LogP contribution is 2.20. The van der Waals surface area contributed by atoms with E-state index in [-0.39, 0.29) is 5.69 Å². The van der Waals surface area contributed by atoms with Crippen LogP contribution >= 0.6 is 0 Å². The van der Waals surface area contributed by atoms with Crippen molar-refractivity contribution in [2.24, 2.45) is 0 Å². The van der Waals surface area contributed by atoms with Gasteiger partial charge < -0.3 is 4.57 Å². The third-order valence-corrected chi connectivity index (χ3v) is 5.55. The van der Waals surface area contributed by atoms with Crippen molar-refractivity contribution >= 4 is 22.1 Å². The Morgan fingerprint density at radius 1 is 0.742 bits per heavy atom. The maximum Gasteiger partial charge on any atom is 0.329 e. The van der Waals surface area contributed by atoms with Crippen LogP contribution in [0.3, 0.4) is 0 Å². The first kappa shape index (κ1) is 20.4. The van der Waals surface area contributed by atoms with Crippen LogP contribution < -0.4 is 5.69 Å². The molecule has 7 nitrogen and oxygen atoms in total. The predicted molar refractivity (Wildman–Crippen MR) is 119 cm³/mol. The van der Waals surface area contributed by atoms with E-state index in [0.717, 1.165) is 47.2 Å². The van der Waals surface area contributed by atoms with Gasteiger partial charge in [0.2, 0.25) is 0 Å². The number of imidazole rings is 2. The lowest BCUT2D eigenvalue weighted by atomic mass is 10.2. The second-order valence-corrected chi connectivity index (χ2v) is 7.55. The third-order valence-electron chi connectivity index (χ3n) is 5.55. The summed E-state index contributed by atoms with van der Waals surface area (Å²) in [6.07, 6.45) is 3.28. The summed E-state index contributed by atoms with van der Waals surface area (Å²) in [5.74, 6) is 0.814. The predicted octanol–water partition coefficient (Wildman–Crippen LogP) is 4.20. The molecular formula is C24H24N6O. The number of hydrogen-bond acceptors (Lipinski definition) is 4. The van der Waals surface area contributed by atoms with E-state index in [2.05, 4.69) is 16.7 Å². The topological polar surface area (TPSA) is 92.3 Å². The molecule has 156 valence electrons. The summed E-state index contributed by atoms with van der Waals surface area (Å²) in [6, 6.07) is 20.1. The summed E-state index contributed by atoms with van der Waals surface area (Å²) in [4.78, 5) is 18.1. The molecule has 7 heteroatoms. The maximum absolute atomic E-state index is 13.3. The van der Waals surface area contributed by atoms with Gasteiger partial charge in [-0.05, 0) is 43.5 Å². The number of unbranched alkanes of at least 4 members (excludes halogenated alkanes) is 3. The van der Waals surface area contributed by atoms with E-state index in [1.165, 1.54) is 0 Å². The smallest absolute Gasteiger partial charge is 0.326 e. The monoisotopic (exact) mass is 412 g/mol. The van der Waals surface area contributed by atoms with E-state index in [9.17, 15) is 4.79 Å². The fourth-order valence-corrected chi connectivity index (χ4v) is 4.07. The average Bonchev–Trinajstić information content (AvgIpc) is 3.27. The van der Waals surface area contributed by atoms with Gasteiger partial charge in [-0.25, -0.2) is 9.78 Å². The SMILES string of the molecule is N#CCCCCn1c(=O)n(Cc2nc3ccccc3n2CCCC#N)c2ccccc21. The summed E-state index contributed by atoms with van der Waals surface area (Å²) < 4.78 is 5.70. The van der Waals surface area contributed by atoms with Gasteiger partial charge in [0, 0.05) is 25.9 Å². The normalized spacial score (nSPS) is 11.0. The van der Waals surface area contributed by atoms with E-state index in [4.69, 9.17) is 15.5 Å². The lowest BCUT2D eigenvalue weighted by molar-refractivity contribution is 0.576. The molecule has 0 bridgehead atoms. The molecule has 2 aromatic heterocycles. The van der Waals surface area contributed by atoms with Crippen molar-refractivity contribution in [2.75, 3.05) is 0 Å². The number of rotatable bonds is 9. The number of nitriles is 2. The molecule has 0 unspecified atom stereocenters. The van der Waals surface area contributed by atoms with E-state index >= 15 is 0 Å². The number of hydrogen-bond donors (Lipinski definition) is 0. The van der Waals surface area contributed by atoms with Gasteiger partial charge in [0.1, 0.15) is 5.82 Å². The standard InChI is InChI=1S/C24H24N6O/c25-14-6-1-8-17-29-21-12-4-5-13-22(21)30(24(29)31)18-23-27-19-10-2-3-11-20(19)28(23)16-9-7-15-26/h2-5,10-13H,1,6-9,16-18H2. The Labute approximate surface area is 180 Å². The quantitative estimate of drug-likeness (QED) is 0.385. The van der Waals surface area contributed by atoms with E-state index < -0.39 is 0 Å².